The molecule has 3 fully saturated rings. The summed E-state index contributed by atoms with van der Waals surface area (Å²) in [6.07, 6.45) is 7.25. The Balaban J connectivity index is 1.41. The van der Waals surface area contributed by atoms with Crippen molar-refractivity contribution < 1.29 is 14.3 Å². The van der Waals surface area contributed by atoms with Gasteiger partial charge in [-0.15, -0.1) is 0 Å². The molecule has 1 aromatic rings. The van der Waals surface area contributed by atoms with Gasteiger partial charge in [-0.1, -0.05) is 6.07 Å². The Bertz CT molecular complexity index is 606. The standard InChI is InChI=1S/C20H29N3O3/c24-19(22-10-3-4-11-22)23-12-7-18-20(15-23,8-5-13-26-18)16-25-14-17-6-1-2-9-21-17/h1-2,6,9,18H,3-5,7-8,10-16H2/t18-,20+/m0/s1. The van der Waals surface area contributed by atoms with E-state index in [1.165, 1.54) is 0 Å². The van der Waals surface area contributed by atoms with Crippen LogP contribution < -0.4 is 0 Å². The second-order valence-electron chi connectivity index (χ2n) is 7.83. The van der Waals surface area contributed by atoms with Crippen LogP contribution in [0.25, 0.3) is 0 Å². The molecule has 2 amide bonds. The Morgan fingerprint density at radius 1 is 1.23 bits per heavy atom. The van der Waals surface area contributed by atoms with E-state index in [0.29, 0.717) is 13.2 Å². The van der Waals surface area contributed by atoms with Crippen LogP contribution in [0.15, 0.2) is 24.4 Å². The van der Waals surface area contributed by atoms with Gasteiger partial charge in [0.2, 0.25) is 0 Å². The summed E-state index contributed by atoms with van der Waals surface area (Å²) in [4.78, 5) is 21.3. The van der Waals surface area contributed by atoms with Gasteiger partial charge in [-0.2, -0.15) is 0 Å². The molecule has 3 saturated heterocycles. The van der Waals surface area contributed by atoms with Gasteiger partial charge in [0.1, 0.15) is 0 Å². The van der Waals surface area contributed by atoms with Crippen molar-refractivity contribution in [1.29, 1.82) is 0 Å². The molecule has 0 aliphatic carbocycles. The predicted octanol–water partition coefficient (Wildman–Crippen LogP) is 2.69. The molecule has 0 saturated carbocycles. The van der Waals surface area contributed by atoms with Gasteiger partial charge in [-0.05, 0) is 44.2 Å². The fourth-order valence-electron chi connectivity index (χ4n) is 4.62. The Morgan fingerprint density at radius 3 is 2.92 bits per heavy atom. The minimum Gasteiger partial charge on any atom is -0.377 e. The molecule has 4 heterocycles. The maximum absolute atomic E-state index is 12.9. The van der Waals surface area contributed by atoms with Crippen molar-refractivity contribution in [1.82, 2.24) is 14.8 Å². The first kappa shape index (κ1) is 17.7. The summed E-state index contributed by atoms with van der Waals surface area (Å²) < 4.78 is 12.2. The second-order valence-corrected chi connectivity index (χ2v) is 7.83. The largest absolute Gasteiger partial charge is 0.377 e. The third-order valence-corrected chi connectivity index (χ3v) is 6.00. The highest BCUT2D eigenvalue weighted by atomic mass is 16.5. The molecule has 0 spiro atoms. The molecule has 4 rings (SSSR count). The second kappa shape index (κ2) is 7.92. The molecule has 3 aliphatic heterocycles. The Labute approximate surface area is 155 Å². The lowest BCUT2D eigenvalue weighted by atomic mass is 9.73. The van der Waals surface area contributed by atoms with Crippen LogP contribution in [-0.2, 0) is 16.1 Å². The van der Waals surface area contributed by atoms with E-state index in [0.717, 1.165) is 70.6 Å². The highest BCUT2D eigenvalue weighted by Gasteiger charge is 2.47. The monoisotopic (exact) mass is 359 g/mol. The number of nitrogens with zero attached hydrogens (tertiary/aromatic N) is 3. The zero-order valence-electron chi connectivity index (χ0n) is 15.4. The molecule has 26 heavy (non-hydrogen) atoms. The van der Waals surface area contributed by atoms with E-state index in [9.17, 15) is 4.79 Å². The van der Waals surface area contributed by atoms with E-state index in [1.54, 1.807) is 6.20 Å². The van der Waals surface area contributed by atoms with Crippen LogP contribution in [0.3, 0.4) is 0 Å². The highest BCUT2D eigenvalue weighted by molar-refractivity contribution is 5.75. The van der Waals surface area contributed by atoms with E-state index in [1.807, 2.05) is 28.0 Å². The van der Waals surface area contributed by atoms with Gasteiger partial charge in [0.25, 0.3) is 0 Å². The van der Waals surface area contributed by atoms with Crippen molar-refractivity contribution in [2.45, 2.75) is 44.8 Å². The van der Waals surface area contributed by atoms with Gasteiger partial charge >= 0.3 is 6.03 Å². The van der Waals surface area contributed by atoms with Crippen molar-refractivity contribution in [3.63, 3.8) is 0 Å². The SMILES string of the molecule is O=C(N1CCCC1)N1CC[C@@H]2OCCC[C@]2(COCc2ccccn2)C1. The lowest BCUT2D eigenvalue weighted by Crippen LogP contribution is -2.59. The smallest absolute Gasteiger partial charge is 0.320 e. The summed E-state index contributed by atoms with van der Waals surface area (Å²) in [6, 6.07) is 6.08. The molecule has 2 atom stereocenters. The normalized spacial score (nSPS) is 28.8. The number of piperidine rings is 1. The van der Waals surface area contributed by atoms with Gasteiger partial charge in [0, 0.05) is 44.4 Å². The Kier molecular flexibility index (Phi) is 5.41. The molecule has 0 aromatic carbocycles. The molecular formula is C20H29N3O3. The minimum atomic E-state index is -0.0827. The number of aromatic nitrogens is 1. The molecule has 6 nitrogen and oxygen atoms in total. The van der Waals surface area contributed by atoms with Crippen LogP contribution in [0.1, 0.15) is 37.8 Å². The quantitative estimate of drug-likeness (QED) is 0.829. The Morgan fingerprint density at radius 2 is 2.12 bits per heavy atom. The van der Waals surface area contributed by atoms with Gasteiger partial charge in [0.15, 0.2) is 0 Å². The average molecular weight is 359 g/mol. The van der Waals surface area contributed by atoms with Crippen molar-refractivity contribution in [2.24, 2.45) is 5.41 Å². The maximum Gasteiger partial charge on any atom is 0.320 e. The van der Waals surface area contributed by atoms with Crippen LogP contribution in [0.2, 0.25) is 0 Å². The summed E-state index contributed by atoms with van der Waals surface area (Å²) in [5.41, 5.74) is 0.860. The number of rotatable bonds is 4. The number of amides is 2. The number of hydrogen-bond acceptors (Lipinski definition) is 4. The molecule has 142 valence electrons. The molecule has 0 N–H and O–H groups in total. The first-order valence-corrected chi connectivity index (χ1v) is 9.90. The molecule has 0 radical (unpaired) electrons. The molecule has 6 heteroatoms. The molecular weight excluding hydrogens is 330 g/mol. The van der Waals surface area contributed by atoms with Crippen molar-refractivity contribution in [3.8, 4) is 0 Å². The molecule has 0 unspecified atom stereocenters. The van der Waals surface area contributed by atoms with E-state index in [4.69, 9.17) is 9.47 Å². The first-order chi connectivity index (χ1) is 12.8. The van der Waals surface area contributed by atoms with Crippen LogP contribution >= 0.6 is 0 Å². The molecule has 0 bridgehead atoms. The maximum atomic E-state index is 12.9. The van der Waals surface area contributed by atoms with Gasteiger partial charge < -0.3 is 19.3 Å². The van der Waals surface area contributed by atoms with Crippen molar-refractivity contribution in [2.75, 3.05) is 39.4 Å². The Hall–Kier alpha value is -1.66. The summed E-state index contributed by atoms with van der Waals surface area (Å²) >= 11 is 0. The third-order valence-electron chi connectivity index (χ3n) is 6.00. The van der Waals surface area contributed by atoms with Crippen LogP contribution in [0.4, 0.5) is 4.79 Å². The van der Waals surface area contributed by atoms with E-state index in [-0.39, 0.29) is 17.6 Å². The van der Waals surface area contributed by atoms with Gasteiger partial charge in [-0.3, -0.25) is 4.98 Å². The molecule has 1 aromatic heterocycles. The minimum absolute atomic E-state index is 0.0827. The fraction of sp³-hybridized carbons (Fsp3) is 0.700. The van der Waals surface area contributed by atoms with Crippen LogP contribution in [0, 0.1) is 5.41 Å². The third kappa shape index (κ3) is 3.71. The average Bonchev–Trinajstić information content (AvgIpc) is 3.22. The number of likely N-dealkylation sites (tertiary alicyclic amines) is 2. The van der Waals surface area contributed by atoms with E-state index >= 15 is 0 Å². The summed E-state index contributed by atoms with van der Waals surface area (Å²) in [5.74, 6) is 0. The van der Waals surface area contributed by atoms with Crippen LogP contribution in [0.5, 0.6) is 0 Å². The number of carbonyl (C=O) groups is 1. The van der Waals surface area contributed by atoms with E-state index in [2.05, 4.69) is 4.98 Å². The van der Waals surface area contributed by atoms with Crippen molar-refractivity contribution in [3.05, 3.63) is 30.1 Å². The number of pyridine rings is 1. The number of fused-ring (bicyclic) bond motifs is 1. The first-order valence-electron chi connectivity index (χ1n) is 9.90. The number of ether oxygens (including phenoxy) is 2. The van der Waals surface area contributed by atoms with Crippen LogP contribution in [-0.4, -0.2) is 66.3 Å². The van der Waals surface area contributed by atoms with Crippen molar-refractivity contribution >= 4 is 6.03 Å². The predicted molar refractivity (Wildman–Crippen MR) is 97.7 cm³/mol. The zero-order valence-corrected chi connectivity index (χ0v) is 15.4. The van der Waals surface area contributed by atoms with Gasteiger partial charge in [0.05, 0.1) is 25.0 Å². The lowest BCUT2D eigenvalue weighted by Gasteiger charge is -2.50. The van der Waals surface area contributed by atoms with Gasteiger partial charge in [-0.25, -0.2) is 4.79 Å². The number of carbonyl (C=O) groups excluding carboxylic acids is 1. The van der Waals surface area contributed by atoms with E-state index < -0.39 is 0 Å². The zero-order chi connectivity index (χ0) is 17.8. The topological polar surface area (TPSA) is 54.9 Å². The molecule has 3 aliphatic rings. The summed E-state index contributed by atoms with van der Waals surface area (Å²) in [7, 11) is 0. The highest BCUT2D eigenvalue weighted by Crippen LogP contribution is 2.41. The summed E-state index contributed by atoms with van der Waals surface area (Å²) in [5, 5.41) is 0. The lowest BCUT2D eigenvalue weighted by molar-refractivity contribution is -0.149. The summed E-state index contributed by atoms with van der Waals surface area (Å²) in [6.45, 7) is 5.30. The fourth-order valence-corrected chi connectivity index (χ4v) is 4.62. The number of urea groups is 1. The number of hydrogen-bond donors (Lipinski definition) is 0.